The third kappa shape index (κ3) is 5.91. The van der Waals surface area contributed by atoms with Crippen molar-refractivity contribution in [3.8, 4) is 0 Å². The molecule has 1 heterocycles. The maximum Gasteiger partial charge on any atom is 0.397 e. The molecule has 1 unspecified atom stereocenters. The number of hydrogen-bond donors (Lipinski definition) is 2. The molecule has 19 heavy (non-hydrogen) atoms. The van der Waals surface area contributed by atoms with Crippen LogP contribution in [0.25, 0.3) is 0 Å². The lowest BCUT2D eigenvalue weighted by molar-refractivity contribution is -0.154. The van der Waals surface area contributed by atoms with Crippen LogP contribution in [0, 0.1) is 11.8 Å². The lowest BCUT2D eigenvalue weighted by atomic mass is 9.86. The molecule has 1 atom stereocenters. The molecule has 0 aromatic heterocycles. The highest BCUT2D eigenvalue weighted by molar-refractivity contribution is 5.78. The van der Waals surface area contributed by atoms with Crippen molar-refractivity contribution < 1.29 is 32.6 Å². The lowest BCUT2D eigenvalue weighted by Crippen LogP contribution is -2.40. The Morgan fingerprint density at radius 2 is 1.89 bits per heavy atom. The summed E-state index contributed by atoms with van der Waals surface area (Å²) in [6.45, 7) is 0.588. The van der Waals surface area contributed by atoms with Gasteiger partial charge in [-0.05, 0) is 18.8 Å². The second-order valence-corrected chi connectivity index (χ2v) is 4.49. The van der Waals surface area contributed by atoms with E-state index in [9.17, 15) is 22.8 Å². The van der Waals surface area contributed by atoms with Crippen LogP contribution in [0.2, 0.25) is 0 Å². The first-order valence-electron chi connectivity index (χ1n) is 5.93. The van der Waals surface area contributed by atoms with E-state index in [0.717, 1.165) is 0 Å². The van der Waals surface area contributed by atoms with Crippen molar-refractivity contribution in [2.45, 2.75) is 25.4 Å². The quantitative estimate of drug-likeness (QED) is 0.794. The lowest BCUT2D eigenvalue weighted by Gasteiger charge is -2.27. The van der Waals surface area contributed by atoms with E-state index in [-0.39, 0.29) is 12.5 Å². The Morgan fingerprint density at radius 3 is 2.37 bits per heavy atom. The fraction of sp³-hybridized carbons (Fsp3) is 0.818. The summed E-state index contributed by atoms with van der Waals surface area (Å²) in [5, 5.41) is 11.1. The molecule has 0 bridgehead atoms. The monoisotopic (exact) mass is 283 g/mol. The van der Waals surface area contributed by atoms with E-state index in [4.69, 9.17) is 9.84 Å². The number of halogens is 3. The van der Waals surface area contributed by atoms with Gasteiger partial charge in [0, 0.05) is 19.8 Å². The summed E-state index contributed by atoms with van der Waals surface area (Å²) in [4.78, 5) is 22.1. The summed E-state index contributed by atoms with van der Waals surface area (Å²) in [5.74, 6) is -3.37. The number of amides is 1. The number of carbonyl (C=O) groups is 2. The molecule has 0 radical (unpaired) electrons. The highest BCUT2D eigenvalue weighted by Crippen LogP contribution is 2.24. The zero-order valence-electron chi connectivity index (χ0n) is 10.2. The molecule has 1 saturated heterocycles. The number of hydrogen-bond acceptors (Lipinski definition) is 3. The number of aliphatic carboxylic acids is 1. The number of carboxylic acid groups (broad SMARTS) is 1. The predicted octanol–water partition coefficient (Wildman–Crippen LogP) is 1.18. The van der Waals surface area contributed by atoms with Gasteiger partial charge in [0.25, 0.3) is 0 Å². The van der Waals surface area contributed by atoms with Gasteiger partial charge in [-0.1, -0.05) is 0 Å². The van der Waals surface area contributed by atoms with Crippen LogP contribution in [-0.4, -0.2) is 42.9 Å². The molecule has 1 aliphatic heterocycles. The Morgan fingerprint density at radius 1 is 1.32 bits per heavy atom. The highest BCUT2D eigenvalue weighted by atomic mass is 19.4. The van der Waals surface area contributed by atoms with Gasteiger partial charge in [-0.3, -0.25) is 9.59 Å². The standard InChI is InChI=1S/C11H16F3NO4/c12-11(13,14)5-9(16)15-6-8(10(17)18)7-1-3-19-4-2-7/h7-8H,1-6H2,(H,15,16)(H,17,18). The molecule has 0 aliphatic carbocycles. The van der Waals surface area contributed by atoms with Crippen LogP contribution in [0.4, 0.5) is 13.2 Å². The van der Waals surface area contributed by atoms with Gasteiger partial charge in [0.2, 0.25) is 5.91 Å². The van der Waals surface area contributed by atoms with Gasteiger partial charge < -0.3 is 15.2 Å². The largest absolute Gasteiger partial charge is 0.481 e. The average molecular weight is 283 g/mol. The molecule has 0 saturated carbocycles. The first-order valence-corrected chi connectivity index (χ1v) is 5.93. The molecule has 1 rings (SSSR count). The Kier molecular flexibility index (Phi) is 5.59. The van der Waals surface area contributed by atoms with Crippen molar-refractivity contribution in [1.82, 2.24) is 5.32 Å². The van der Waals surface area contributed by atoms with Gasteiger partial charge in [0.15, 0.2) is 0 Å². The minimum Gasteiger partial charge on any atom is -0.481 e. The molecular weight excluding hydrogens is 267 g/mol. The van der Waals surface area contributed by atoms with Gasteiger partial charge in [0.1, 0.15) is 6.42 Å². The molecule has 110 valence electrons. The number of carbonyl (C=O) groups excluding carboxylic acids is 1. The van der Waals surface area contributed by atoms with Crippen LogP contribution in [-0.2, 0) is 14.3 Å². The number of rotatable bonds is 5. The third-order valence-electron chi connectivity index (χ3n) is 3.03. The Labute approximate surface area is 108 Å². The Hall–Kier alpha value is -1.31. The average Bonchev–Trinajstić information content (AvgIpc) is 2.27. The van der Waals surface area contributed by atoms with Crippen LogP contribution in [0.5, 0.6) is 0 Å². The van der Waals surface area contributed by atoms with Crippen molar-refractivity contribution in [3.63, 3.8) is 0 Å². The van der Waals surface area contributed by atoms with E-state index in [1.807, 2.05) is 5.32 Å². The Bertz CT molecular complexity index is 326. The summed E-state index contributed by atoms with van der Waals surface area (Å²) in [6.07, 6.45) is -5.10. The molecule has 0 aromatic rings. The smallest absolute Gasteiger partial charge is 0.397 e. The molecule has 1 aliphatic rings. The van der Waals surface area contributed by atoms with Crippen LogP contribution >= 0.6 is 0 Å². The number of alkyl halides is 3. The predicted molar refractivity (Wildman–Crippen MR) is 58.4 cm³/mol. The van der Waals surface area contributed by atoms with E-state index >= 15 is 0 Å². The molecule has 0 spiro atoms. The van der Waals surface area contributed by atoms with Gasteiger partial charge >= 0.3 is 12.1 Å². The maximum atomic E-state index is 12.0. The zero-order valence-corrected chi connectivity index (χ0v) is 10.2. The SMILES string of the molecule is O=C(CC(F)(F)F)NCC(C(=O)O)C1CCOCC1. The molecule has 2 N–H and O–H groups in total. The van der Waals surface area contributed by atoms with Gasteiger partial charge in [-0.25, -0.2) is 0 Å². The molecular formula is C11H16F3NO4. The molecule has 1 fully saturated rings. The van der Waals surface area contributed by atoms with E-state index in [1.54, 1.807) is 0 Å². The number of nitrogens with one attached hydrogen (secondary N) is 1. The fourth-order valence-corrected chi connectivity index (χ4v) is 2.04. The van der Waals surface area contributed by atoms with Crippen molar-refractivity contribution in [2.24, 2.45) is 11.8 Å². The summed E-state index contributed by atoms with van der Waals surface area (Å²) in [7, 11) is 0. The summed E-state index contributed by atoms with van der Waals surface area (Å²) in [6, 6.07) is 0. The fourth-order valence-electron chi connectivity index (χ4n) is 2.04. The Balaban J connectivity index is 2.45. The normalized spacial score (nSPS) is 18.9. The summed E-state index contributed by atoms with van der Waals surface area (Å²) >= 11 is 0. The molecule has 8 heteroatoms. The molecule has 1 amide bonds. The summed E-state index contributed by atoms with van der Waals surface area (Å²) < 4.78 is 40.9. The topological polar surface area (TPSA) is 75.6 Å². The van der Waals surface area contributed by atoms with Crippen molar-refractivity contribution in [3.05, 3.63) is 0 Å². The first-order chi connectivity index (χ1) is 8.79. The molecule has 0 aromatic carbocycles. The number of ether oxygens (including phenoxy) is 1. The van der Waals surface area contributed by atoms with E-state index in [0.29, 0.717) is 26.1 Å². The highest BCUT2D eigenvalue weighted by Gasteiger charge is 2.33. The van der Waals surface area contributed by atoms with Gasteiger partial charge in [0.05, 0.1) is 5.92 Å². The van der Waals surface area contributed by atoms with Crippen molar-refractivity contribution in [2.75, 3.05) is 19.8 Å². The van der Waals surface area contributed by atoms with Gasteiger partial charge in [-0.2, -0.15) is 13.2 Å². The van der Waals surface area contributed by atoms with Crippen molar-refractivity contribution >= 4 is 11.9 Å². The van der Waals surface area contributed by atoms with Crippen molar-refractivity contribution in [1.29, 1.82) is 0 Å². The maximum absolute atomic E-state index is 12.0. The van der Waals surface area contributed by atoms with Crippen LogP contribution in [0.1, 0.15) is 19.3 Å². The number of carboxylic acids is 1. The molecule has 5 nitrogen and oxygen atoms in total. The second-order valence-electron chi connectivity index (χ2n) is 4.49. The van der Waals surface area contributed by atoms with E-state index in [1.165, 1.54) is 0 Å². The van der Waals surface area contributed by atoms with Crippen LogP contribution < -0.4 is 5.32 Å². The minimum atomic E-state index is -4.58. The van der Waals surface area contributed by atoms with E-state index < -0.39 is 30.4 Å². The summed E-state index contributed by atoms with van der Waals surface area (Å²) in [5.41, 5.74) is 0. The zero-order chi connectivity index (χ0) is 14.5. The van der Waals surface area contributed by atoms with Gasteiger partial charge in [-0.15, -0.1) is 0 Å². The first kappa shape index (κ1) is 15.7. The van der Waals surface area contributed by atoms with Crippen LogP contribution in [0.15, 0.2) is 0 Å². The second kappa shape index (κ2) is 6.74. The van der Waals surface area contributed by atoms with Crippen LogP contribution in [0.3, 0.4) is 0 Å². The van der Waals surface area contributed by atoms with E-state index in [2.05, 4.69) is 0 Å². The third-order valence-corrected chi connectivity index (χ3v) is 3.03. The minimum absolute atomic E-state index is 0.183.